The van der Waals surface area contributed by atoms with E-state index < -0.39 is 6.10 Å². The number of thiophene rings is 1. The first-order valence-corrected chi connectivity index (χ1v) is 6.32. The predicted molar refractivity (Wildman–Crippen MR) is 67.3 cm³/mol. The fraction of sp³-hybridized carbons (Fsp3) is 0.500. The molecule has 0 fully saturated rings. The van der Waals surface area contributed by atoms with Crippen LogP contribution in [0.4, 0.5) is 0 Å². The number of methoxy groups -OCH3 is 1. The van der Waals surface area contributed by atoms with Gasteiger partial charge in [-0.25, -0.2) is 0 Å². The Labute approximate surface area is 105 Å². The summed E-state index contributed by atoms with van der Waals surface area (Å²) in [6, 6.07) is 3.45. The molecule has 0 aromatic carbocycles. The van der Waals surface area contributed by atoms with Crippen molar-refractivity contribution in [2.24, 2.45) is 0 Å². The van der Waals surface area contributed by atoms with Gasteiger partial charge in [-0.1, -0.05) is 6.07 Å². The fourth-order valence-corrected chi connectivity index (χ4v) is 2.01. The summed E-state index contributed by atoms with van der Waals surface area (Å²) in [6.45, 7) is 3.48. The molecule has 2 atom stereocenters. The largest absolute Gasteiger partial charge is 0.372 e. The van der Waals surface area contributed by atoms with E-state index in [0.717, 1.165) is 4.88 Å². The Morgan fingerprint density at radius 1 is 1.47 bits per heavy atom. The summed E-state index contributed by atoms with van der Waals surface area (Å²) in [5.41, 5.74) is 0. The molecule has 1 aromatic rings. The minimum atomic E-state index is -0.491. The summed E-state index contributed by atoms with van der Waals surface area (Å²) in [7, 11) is 1.48. The molecule has 1 aromatic heterocycles. The molecule has 1 N–H and O–H groups in total. The first kappa shape index (κ1) is 13.9. The zero-order valence-corrected chi connectivity index (χ0v) is 11.0. The minimum absolute atomic E-state index is 0.0536. The molecule has 0 saturated heterocycles. The van der Waals surface area contributed by atoms with Gasteiger partial charge in [0.1, 0.15) is 6.10 Å². The predicted octanol–water partition coefficient (Wildman–Crippen LogP) is 1.86. The lowest BCUT2D eigenvalue weighted by Gasteiger charge is -2.15. The van der Waals surface area contributed by atoms with Crippen LogP contribution in [0.2, 0.25) is 0 Å². The van der Waals surface area contributed by atoms with Crippen molar-refractivity contribution in [2.75, 3.05) is 7.11 Å². The maximum absolute atomic E-state index is 11.8. The number of ketones is 1. The second kappa shape index (κ2) is 6.51. The average molecular weight is 255 g/mol. The molecule has 0 aliphatic carbocycles. The lowest BCUT2D eigenvalue weighted by molar-refractivity contribution is -0.130. The van der Waals surface area contributed by atoms with E-state index in [0.29, 0.717) is 6.42 Å². The Morgan fingerprint density at radius 3 is 2.71 bits per heavy atom. The van der Waals surface area contributed by atoms with E-state index >= 15 is 0 Å². The quantitative estimate of drug-likeness (QED) is 0.789. The van der Waals surface area contributed by atoms with Gasteiger partial charge in [-0.05, 0) is 25.3 Å². The van der Waals surface area contributed by atoms with Crippen LogP contribution >= 0.6 is 11.3 Å². The molecule has 1 amide bonds. The molecule has 17 heavy (non-hydrogen) atoms. The van der Waals surface area contributed by atoms with Gasteiger partial charge in [-0.3, -0.25) is 9.59 Å². The summed E-state index contributed by atoms with van der Waals surface area (Å²) in [5.74, 6) is -0.142. The summed E-state index contributed by atoms with van der Waals surface area (Å²) in [4.78, 5) is 24.0. The maximum atomic E-state index is 11.8. The fourth-order valence-electron chi connectivity index (χ4n) is 1.33. The van der Waals surface area contributed by atoms with Crippen molar-refractivity contribution in [1.29, 1.82) is 0 Å². The van der Waals surface area contributed by atoms with Crippen LogP contribution in [0.1, 0.15) is 29.9 Å². The van der Waals surface area contributed by atoms with Gasteiger partial charge in [-0.2, -0.15) is 0 Å². The third-order valence-corrected chi connectivity index (χ3v) is 3.31. The van der Waals surface area contributed by atoms with E-state index in [4.69, 9.17) is 4.74 Å². The zero-order chi connectivity index (χ0) is 12.8. The Kier molecular flexibility index (Phi) is 5.31. The Morgan fingerprint density at radius 2 is 2.18 bits per heavy atom. The van der Waals surface area contributed by atoms with Gasteiger partial charge < -0.3 is 10.1 Å². The summed E-state index contributed by atoms with van der Waals surface area (Å²) in [5, 5.41) is 4.61. The third-order valence-electron chi connectivity index (χ3n) is 2.40. The van der Waals surface area contributed by atoms with Crippen molar-refractivity contribution < 1.29 is 14.3 Å². The number of ether oxygens (including phenoxy) is 1. The molecule has 0 aliphatic rings. The highest BCUT2D eigenvalue weighted by Crippen LogP contribution is 2.12. The number of hydrogen-bond acceptors (Lipinski definition) is 4. The highest BCUT2D eigenvalue weighted by Gasteiger charge is 2.17. The molecule has 0 bridgehead atoms. The van der Waals surface area contributed by atoms with Gasteiger partial charge in [0.25, 0.3) is 0 Å². The smallest absolute Gasteiger partial charge is 0.249 e. The molecule has 0 aliphatic heterocycles. The Hall–Kier alpha value is -1.20. The van der Waals surface area contributed by atoms with Crippen molar-refractivity contribution in [1.82, 2.24) is 5.32 Å². The summed E-state index contributed by atoms with van der Waals surface area (Å²) in [6.07, 6.45) is -0.183. The minimum Gasteiger partial charge on any atom is -0.372 e. The molecule has 94 valence electrons. The van der Waals surface area contributed by atoms with Crippen LogP contribution in [0.5, 0.6) is 0 Å². The standard InChI is InChI=1S/C12H17NO3S/c1-8(13-12(15)9(2)16-3)7-10(14)11-5-4-6-17-11/h4-6,8-9H,7H2,1-3H3,(H,13,15)/t8-,9+/m0/s1. The van der Waals surface area contributed by atoms with E-state index in [-0.39, 0.29) is 17.7 Å². The number of Topliss-reactive ketones (excluding diaryl/α,β-unsaturated/α-hetero) is 1. The molecule has 4 nitrogen and oxygen atoms in total. The second-order valence-corrected chi connectivity index (χ2v) is 4.84. The number of carbonyl (C=O) groups is 2. The van der Waals surface area contributed by atoms with E-state index in [1.165, 1.54) is 18.4 Å². The molecule has 0 saturated carbocycles. The van der Waals surface area contributed by atoms with Crippen LogP contribution < -0.4 is 5.32 Å². The molecule has 1 rings (SSSR count). The van der Waals surface area contributed by atoms with Gasteiger partial charge in [0.05, 0.1) is 4.88 Å². The molecule has 5 heteroatoms. The van der Waals surface area contributed by atoms with Gasteiger partial charge in [0.2, 0.25) is 5.91 Å². The van der Waals surface area contributed by atoms with Crippen molar-refractivity contribution in [3.63, 3.8) is 0 Å². The number of nitrogens with one attached hydrogen (secondary N) is 1. The molecule has 1 heterocycles. The zero-order valence-electron chi connectivity index (χ0n) is 10.2. The topological polar surface area (TPSA) is 55.4 Å². The maximum Gasteiger partial charge on any atom is 0.249 e. The molecular formula is C12H17NO3S. The van der Waals surface area contributed by atoms with Gasteiger partial charge in [0, 0.05) is 19.6 Å². The van der Waals surface area contributed by atoms with Crippen LogP contribution in [0.25, 0.3) is 0 Å². The van der Waals surface area contributed by atoms with Crippen molar-refractivity contribution >= 4 is 23.0 Å². The number of rotatable bonds is 6. The van der Waals surface area contributed by atoms with E-state index in [9.17, 15) is 9.59 Å². The van der Waals surface area contributed by atoms with Crippen LogP contribution in [0.3, 0.4) is 0 Å². The SMILES string of the molecule is CO[C@H](C)C(=O)N[C@@H](C)CC(=O)c1cccs1. The third kappa shape index (κ3) is 4.28. The van der Waals surface area contributed by atoms with Crippen LogP contribution in [-0.2, 0) is 9.53 Å². The summed E-state index contributed by atoms with van der Waals surface area (Å²) >= 11 is 1.42. The monoisotopic (exact) mass is 255 g/mol. The normalized spacial score (nSPS) is 14.1. The lowest BCUT2D eigenvalue weighted by Crippen LogP contribution is -2.40. The lowest BCUT2D eigenvalue weighted by atomic mass is 10.1. The summed E-state index contributed by atoms with van der Waals surface area (Å²) < 4.78 is 4.90. The van der Waals surface area contributed by atoms with Gasteiger partial charge >= 0.3 is 0 Å². The molecule has 0 unspecified atom stereocenters. The first-order chi connectivity index (χ1) is 8.04. The molecule has 0 radical (unpaired) electrons. The van der Waals surface area contributed by atoms with Crippen LogP contribution in [-0.4, -0.2) is 30.9 Å². The highest BCUT2D eigenvalue weighted by molar-refractivity contribution is 7.12. The van der Waals surface area contributed by atoms with Crippen LogP contribution in [0.15, 0.2) is 17.5 Å². The number of carbonyl (C=O) groups excluding carboxylic acids is 2. The van der Waals surface area contributed by atoms with E-state index in [1.807, 2.05) is 18.4 Å². The second-order valence-electron chi connectivity index (χ2n) is 3.89. The Bertz CT molecular complexity index is 375. The first-order valence-electron chi connectivity index (χ1n) is 5.44. The number of hydrogen-bond donors (Lipinski definition) is 1. The Balaban J connectivity index is 2.42. The van der Waals surface area contributed by atoms with Crippen molar-refractivity contribution in [2.45, 2.75) is 32.4 Å². The van der Waals surface area contributed by atoms with E-state index in [1.54, 1.807) is 13.0 Å². The van der Waals surface area contributed by atoms with Gasteiger partial charge in [0.15, 0.2) is 5.78 Å². The van der Waals surface area contributed by atoms with E-state index in [2.05, 4.69) is 5.32 Å². The molecule has 0 spiro atoms. The average Bonchev–Trinajstić information content (AvgIpc) is 2.80. The number of amides is 1. The van der Waals surface area contributed by atoms with Crippen LogP contribution in [0, 0.1) is 0 Å². The van der Waals surface area contributed by atoms with Crippen molar-refractivity contribution in [3.05, 3.63) is 22.4 Å². The van der Waals surface area contributed by atoms with Crippen molar-refractivity contribution in [3.8, 4) is 0 Å². The van der Waals surface area contributed by atoms with Gasteiger partial charge in [-0.15, -0.1) is 11.3 Å². The highest BCUT2D eigenvalue weighted by atomic mass is 32.1. The molecular weight excluding hydrogens is 238 g/mol.